The Morgan fingerprint density at radius 1 is 1.04 bits per heavy atom. The molecule has 0 radical (unpaired) electrons. The molecule has 2 aromatic rings. The van der Waals surface area contributed by atoms with E-state index in [2.05, 4.69) is 34.9 Å². The quantitative estimate of drug-likeness (QED) is 0.639. The number of alkyl halides is 3. The molecule has 0 aliphatic rings. The van der Waals surface area contributed by atoms with E-state index in [1.165, 1.54) is 23.3 Å². The molecule has 0 spiro atoms. The molecule has 0 saturated heterocycles. The van der Waals surface area contributed by atoms with Crippen molar-refractivity contribution < 1.29 is 18.3 Å². The molecule has 0 aliphatic carbocycles. The van der Waals surface area contributed by atoms with E-state index in [0.717, 1.165) is 25.1 Å². The second-order valence-electron chi connectivity index (χ2n) is 5.94. The van der Waals surface area contributed by atoms with Crippen molar-refractivity contribution in [1.82, 2.24) is 10.6 Å². The second kappa shape index (κ2) is 8.99. The molecule has 0 heterocycles. The van der Waals surface area contributed by atoms with E-state index in [4.69, 9.17) is 0 Å². The average molecular weight is 352 g/mol. The highest BCUT2D eigenvalue weighted by molar-refractivity contribution is 5.27. The van der Waals surface area contributed by atoms with Gasteiger partial charge in [-0.05, 0) is 48.8 Å². The first-order valence-corrected chi connectivity index (χ1v) is 8.18. The summed E-state index contributed by atoms with van der Waals surface area (Å²) in [5.74, 6) is 0. The van der Waals surface area contributed by atoms with Gasteiger partial charge in [-0.3, -0.25) is 0 Å². The molecule has 1 atom stereocenters. The summed E-state index contributed by atoms with van der Waals surface area (Å²) in [4.78, 5) is 0. The number of aliphatic hydroxyl groups is 1. The van der Waals surface area contributed by atoms with E-state index in [0.29, 0.717) is 6.54 Å². The molecule has 2 rings (SSSR count). The summed E-state index contributed by atoms with van der Waals surface area (Å²) in [5, 5.41) is 16.2. The maximum absolute atomic E-state index is 12.7. The smallest absolute Gasteiger partial charge is 0.387 e. The van der Waals surface area contributed by atoms with Gasteiger partial charge >= 0.3 is 6.18 Å². The summed E-state index contributed by atoms with van der Waals surface area (Å²) in [6.07, 6.45) is -4.59. The Hall–Kier alpha value is -1.89. The number of hydrogen-bond donors (Lipinski definition) is 3. The van der Waals surface area contributed by atoms with Crippen LogP contribution in [-0.2, 0) is 19.1 Å². The normalized spacial score (nSPS) is 13.0. The van der Waals surface area contributed by atoms with Gasteiger partial charge in [-0.25, -0.2) is 0 Å². The summed E-state index contributed by atoms with van der Waals surface area (Å²) in [7, 11) is 1.90. The zero-order valence-corrected chi connectivity index (χ0v) is 14.1. The Balaban J connectivity index is 1.79. The van der Waals surface area contributed by atoms with Crippen molar-refractivity contribution in [2.75, 3.05) is 20.1 Å². The molecular formula is C19H23F3N2O. The standard InChI is InChI=1S/C19H23F3N2O/c1-23-12-15-7-5-14(6-8-15)9-10-24-13-18(25)16-3-2-4-17(11-16)19(20,21)22/h2-8,11,18,23-25H,9-10,12-13H2,1H3. The van der Waals surface area contributed by atoms with Crippen LogP contribution in [0.5, 0.6) is 0 Å². The molecule has 136 valence electrons. The fraction of sp³-hybridized carbons (Fsp3) is 0.368. The summed E-state index contributed by atoms with van der Waals surface area (Å²) in [6.45, 7) is 1.67. The van der Waals surface area contributed by atoms with Gasteiger partial charge in [0.2, 0.25) is 0 Å². The molecule has 3 nitrogen and oxygen atoms in total. The van der Waals surface area contributed by atoms with E-state index in [1.807, 2.05) is 7.05 Å². The highest BCUT2D eigenvalue weighted by Gasteiger charge is 2.30. The largest absolute Gasteiger partial charge is 0.416 e. The summed E-state index contributed by atoms with van der Waals surface area (Å²) in [5.41, 5.74) is 1.89. The molecule has 0 bridgehead atoms. The third-order valence-electron chi connectivity index (χ3n) is 3.93. The molecule has 2 aromatic carbocycles. The summed E-state index contributed by atoms with van der Waals surface area (Å²) in [6, 6.07) is 13.0. The molecule has 0 saturated carbocycles. The molecule has 6 heteroatoms. The predicted octanol–water partition coefficient (Wildman–Crippen LogP) is 3.29. The van der Waals surface area contributed by atoms with Crippen LogP contribution in [0.3, 0.4) is 0 Å². The third kappa shape index (κ3) is 6.16. The molecule has 3 N–H and O–H groups in total. The van der Waals surface area contributed by atoms with Gasteiger partial charge in [-0.2, -0.15) is 13.2 Å². The van der Waals surface area contributed by atoms with Crippen LogP contribution < -0.4 is 10.6 Å². The Morgan fingerprint density at radius 2 is 1.72 bits per heavy atom. The Morgan fingerprint density at radius 3 is 2.36 bits per heavy atom. The predicted molar refractivity (Wildman–Crippen MR) is 92.2 cm³/mol. The molecular weight excluding hydrogens is 329 g/mol. The third-order valence-corrected chi connectivity index (χ3v) is 3.93. The first kappa shape index (κ1) is 19.4. The van der Waals surface area contributed by atoms with E-state index in [-0.39, 0.29) is 12.1 Å². The van der Waals surface area contributed by atoms with Crippen LogP contribution in [0.1, 0.15) is 28.4 Å². The van der Waals surface area contributed by atoms with Crippen molar-refractivity contribution in [1.29, 1.82) is 0 Å². The lowest BCUT2D eigenvalue weighted by Crippen LogP contribution is -2.24. The summed E-state index contributed by atoms with van der Waals surface area (Å²) >= 11 is 0. The Bertz CT molecular complexity index is 656. The number of halogens is 3. The van der Waals surface area contributed by atoms with Crippen LogP contribution in [0.15, 0.2) is 48.5 Å². The zero-order valence-electron chi connectivity index (χ0n) is 14.1. The second-order valence-corrected chi connectivity index (χ2v) is 5.94. The van der Waals surface area contributed by atoms with Crippen molar-refractivity contribution in [3.05, 3.63) is 70.8 Å². The first-order chi connectivity index (χ1) is 11.9. The van der Waals surface area contributed by atoms with Gasteiger partial charge in [0.05, 0.1) is 11.7 Å². The fourth-order valence-corrected chi connectivity index (χ4v) is 2.54. The highest BCUT2D eigenvalue weighted by atomic mass is 19.4. The number of aliphatic hydroxyl groups excluding tert-OH is 1. The van der Waals surface area contributed by atoms with Gasteiger partial charge in [0.25, 0.3) is 0 Å². The van der Waals surface area contributed by atoms with E-state index in [9.17, 15) is 18.3 Å². The fourth-order valence-electron chi connectivity index (χ4n) is 2.54. The minimum absolute atomic E-state index is 0.207. The van der Waals surface area contributed by atoms with E-state index >= 15 is 0 Å². The van der Waals surface area contributed by atoms with Gasteiger partial charge in [0.15, 0.2) is 0 Å². The van der Waals surface area contributed by atoms with Crippen molar-refractivity contribution in [2.45, 2.75) is 25.2 Å². The molecule has 0 amide bonds. The highest BCUT2D eigenvalue weighted by Crippen LogP contribution is 2.30. The van der Waals surface area contributed by atoms with Crippen molar-refractivity contribution in [3.63, 3.8) is 0 Å². The van der Waals surface area contributed by atoms with Gasteiger partial charge in [-0.1, -0.05) is 36.4 Å². The molecule has 0 aromatic heterocycles. The minimum atomic E-state index is -4.40. The van der Waals surface area contributed by atoms with Crippen LogP contribution in [-0.4, -0.2) is 25.2 Å². The molecule has 0 fully saturated rings. The zero-order chi connectivity index (χ0) is 18.3. The number of rotatable bonds is 8. The van der Waals surface area contributed by atoms with E-state index in [1.54, 1.807) is 0 Å². The molecule has 1 unspecified atom stereocenters. The van der Waals surface area contributed by atoms with Gasteiger partial charge < -0.3 is 15.7 Å². The van der Waals surface area contributed by atoms with Crippen LogP contribution in [0.2, 0.25) is 0 Å². The van der Waals surface area contributed by atoms with Crippen LogP contribution in [0.4, 0.5) is 13.2 Å². The van der Waals surface area contributed by atoms with Crippen LogP contribution >= 0.6 is 0 Å². The lowest BCUT2D eigenvalue weighted by Gasteiger charge is -2.14. The van der Waals surface area contributed by atoms with Crippen molar-refractivity contribution in [2.24, 2.45) is 0 Å². The molecule has 25 heavy (non-hydrogen) atoms. The SMILES string of the molecule is CNCc1ccc(CCNCC(O)c2cccc(C(F)(F)F)c2)cc1. The topological polar surface area (TPSA) is 44.3 Å². The lowest BCUT2D eigenvalue weighted by atomic mass is 10.1. The average Bonchev–Trinajstić information content (AvgIpc) is 2.59. The maximum atomic E-state index is 12.7. The van der Waals surface area contributed by atoms with Gasteiger partial charge in [-0.15, -0.1) is 0 Å². The summed E-state index contributed by atoms with van der Waals surface area (Å²) < 4.78 is 38.1. The lowest BCUT2D eigenvalue weighted by molar-refractivity contribution is -0.137. The van der Waals surface area contributed by atoms with E-state index < -0.39 is 17.8 Å². The van der Waals surface area contributed by atoms with Gasteiger partial charge in [0, 0.05) is 13.1 Å². The number of hydrogen-bond acceptors (Lipinski definition) is 3. The Labute approximate surface area is 145 Å². The van der Waals surface area contributed by atoms with Crippen LogP contribution in [0, 0.1) is 0 Å². The van der Waals surface area contributed by atoms with Crippen molar-refractivity contribution >= 4 is 0 Å². The first-order valence-electron chi connectivity index (χ1n) is 8.18. The number of benzene rings is 2. The Kier molecular flexibility index (Phi) is 6.99. The monoisotopic (exact) mass is 352 g/mol. The molecule has 0 aliphatic heterocycles. The van der Waals surface area contributed by atoms with Gasteiger partial charge in [0.1, 0.15) is 0 Å². The number of nitrogens with one attached hydrogen (secondary N) is 2. The van der Waals surface area contributed by atoms with Crippen LogP contribution in [0.25, 0.3) is 0 Å². The maximum Gasteiger partial charge on any atom is 0.416 e. The minimum Gasteiger partial charge on any atom is -0.387 e. The van der Waals surface area contributed by atoms with Crippen molar-refractivity contribution in [3.8, 4) is 0 Å².